The van der Waals surface area contributed by atoms with Crippen molar-refractivity contribution >= 4 is 45.5 Å². The Morgan fingerprint density at radius 1 is 1.06 bits per heavy atom. The molecule has 2 aromatic carbocycles. The van der Waals surface area contributed by atoms with Crippen molar-refractivity contribution in [1.82, 2.24) is 10.2 Å². The number of aromatic nitrogens is 2. The molecule has 2 N–H and O–H groups in total. The molecule has 1 amide bonds. The summed E-state index contributed by atoms with van der Waals surface area (Å²) in [5, 5.41) is 15.4. The SMILES string of the molecule is COc1cccc(Nc2nnc(SCC(=O)Nc3c(C(C)C)cccc3C(C)C)s2)c1. The minimum absolute atomic E-state index is 0.0440. The van der Waals surface area contributed by atoms with Gasteiger partial charge in [0.05, 0.1) is 12.9 Å². The van der Waals surface area contributed by atoms with Crippen molar-refractivity contribution in [2.75, 3.05) is 23.5 Å². The van der Waals surface area contributed by atoms with Crippen LogP contribution in [-0.4, -0.2) is 29.0 Å². The van der Waals surface area contributed by atoms with E-state index in [0.29, 0.717) is 17.0 Å². The molecule has 3 rings (SSSR count). The van der Waals surface area contributed by atoms with Crippen LogP contribution in [0.5, 0.6) is 5.75 Å². The fourth-order valence-corrected chi connectivity index (χ4v) is 4.71. The van der Waals surface area contributed by atoms with Gasteiger partial charge in [0.1, 0.15) is 5.75 Å². The lowest BCUT2D eigenvalue weighted by molar-refractivity contribution is -0.113. The van der Waals surface area contributed by atoms with Gasteiger partial charge in [0.25, 0.3) is 0 Å². The van der Waals surface area contributed by atoms with Gasteiger partial charge in [0, 0.05) is 17.4 Å². The van der Waals surface area contributed by atoms with Gasteiger partial charge < -0.3 is 15.4 Å². The minimum Gasteiger partial charge on any atom is -0.497 e. The Labute approximate surface area is 191 Å². The summed E-state index contributed by atoms with van der Waals surface area (Å²) in [5.41, 5.74) is 4.13. The van der Waals surface area contributed by atoms with E-state index in [1.807, 2.05) is 24.3 Å². The second kappa shape index (κ2) is 10.6. The number of nitrogens with one attached hydrogen (secondary N) is 2. The van der Waals surface area contributed by atoms with Crippen LogP contribution in [0.1, 0.15) is 50.7 Å². The molecule has 0 radical (unpaired) electrons. The molecule has 6 nitrogen and oxygen atoms in total. The molecular formula is C23H28N4O2S2. The van der Waals surface area contributed by atoms with E-state index in [2.05, 4.69) is 66.7 Å². The number of hydrogen-bond acceptors (Lipinski definition) is 7. The molecule has 0 aliphatic heterocycles. The highest BCUT2D eigenvalue weighted by molar-refractivity contribution is 8.01. The van der Waals surface area contributed by atoms with E-state index < -0.39 is 0 Å². The van der Waals surface area contributed by atoms with Crippen LogP contribution in [-0.2, 0) is 4.79 Å². The van der Waals surface area contributed by atoms with Crippen LogP contribution >= 0.6 is 23.1 Å². The Balaban J connectivity index is 1.62. The number of para-hydroxylation sites is 1. The molecule has 0 aliphatic rings. The Morgan fingerprint density at radius 3 is 2.39 bits per heavy atom. The molecule has 0 spiro atoms. The first-order valence-electron chi connectivity index (χ1n) is 10.2. The van der Waals surface area contributed by atoms with Gasteiger partial charge in [-0.1, -0.05) is 75.1 Å². The summed E-state index contributed by atoms with van der Waals surface area (Å²) < 4.78 is 5.97. The summed E-state index contributed by atoms with van der Waals surface area (Å²) in [6, 6.07) is 13.8. The van der Waals surface area contributed by atoms with Crippen LogP contribution in [0.3, 0.4) is 0 Å². The van der Waals surface area contributed by atoms with Crippen molar-refractivity contribution in [3.63, 3.8) is 0 Å². The largest absolute Gasteiger partial charge is 0.497 e. The Hall–Kier alpha value is -2.58. The lowest BCUT2D eigenvalue weighted by Crippen LogP contribution is -2.17. The summed E-state index contributed by atoms with van der Waals surface area (Å²) in [6.07, 6.45) is 0. The molecule has 0 atom stereocenters. The molecule has 0 saturated heterocycles. The van der Waals surface area contributed by atoms with Crippen molar-refractivity contribution in [2.24, 2.45) is 0 Å². The van der Waals surface area contributed by atoms with Gasteiger partial charge >= 0.3 is 0 Å². The topological polar surface area (TPSA) is 76.1 Å². The van der Waals surface area contributed by atoms with Crippen molar-refractivity contribution < 1.29 is 9.53 Å². The number of methoxy groups -OCH3 is 1. The van der Waals surface area contributed by atoms with Crippen LogP contribution in [0.2, 0.25) is 0 Å². The quantitative estimate of drug-likeness (QED) is 0.370. The summed E-state index contributed by atoms with van der Waals surface area (Å²) in [4.78, 5) is 12.7. The number of carbonyl (C=O) groups is 1. The number of hydrogen-bond donors (Lipinski definition) is 2. The average molecular weight is 457 g/mol. The number of amides is 1. The zero-order valence-electron chi connectivity index (χ0n) is 18.4. The molecule has 164 valence electrons. The predicted octanol–water partition coefficient (Wildman–Crippen LogP) is 6.27. The fraction of sp³-hybridized carbons (Fsp3) is 0.348. The number of ether oxygens (including phenoxy) is 1. The molecule has 1 aromatic heterocycles. The maximum Gasteiger partial charge on any atom is 0.234 e. The van der Waals surface area contributed by atoms with Crippen LogP contribution in [0.25, 0.3) is 0 Å². The van der Waals surface area contributed by atoms with E-state index in [9.17, 15) is 4.79 Å². The highest BCUT2D eigenvalue weighted by Crippen LogP contribution is 2.33. The molecule has 0 saturated carbocycles. The third-order valence-electron chi connectivity index (χ3n) is 4.69. The standard InChI is InChI=1S/C23H28N4O2S2/c1-14(2)18-10-7-11-19(15(3)4)21(18)25-20(28)13-30-23-27-26-22(31-23)24-16-8-6-9-17(12-16)29-5/h6-12,14-15H,13H2,1-5H3,(H,24,26)(H,25,28). The number of thioether (sulfide) groups is 1. The first-order chi connectivity index (χ1) is 14.9. The number of carbonyl (C=O) groups excluding carboxylic acids is 1. The maximum atomic E-state index is 12.7. The van der Waals surface area contributed by atoms with E-state index in [4.69, 9.17) is 4.74 Å². The Bertz CT molecular complexity index is 1010. The van der Waals surface area contributed by atoms with E-state index in [1.165, 1.54) is 23.1 Å². The average Bonchev–Trinajstić information content (AvgIpc) is 3.19. The van der Waals surface area contributed by atoms with Crippen LogP contribution in [0, 0.1) is 0 Å². The molecule has 0 fully saturated rings. The zero-order valence-corrected chi connectivity index (χ0v) is 20.1. The molecule has 0 aliphatic carbocycles. The second-order valence-corrected chi connectivity index (χ2v) is 9.89. The molecular weight excluding hydrogens is 428 g/mol. The smallest absolute Gasteiger partial charge is 0.234 e. The number of benzene rings is 2. The molecule has 0 bridgehead atoms. The van der Waals surface area contributed by atoms with Gasteiger partial charge in [-0.3, -0.25) is 4.79 Å². The number of anilines is 3. The third kappa shape index (κ3) is 6.21. The zero-order chi connectivity index (χ0) is 22.4. The van der Waals surface area contributed by atoms with E-state index in [1.54, 1.807) is 7.11 Å². The molecule has 1 heterocycles. The molecule has 31 heavy (non-hydrogen) atoms. The Morgan fingerprint density at radius 2 is 1.74 bits per heavy atom. The number of nitrogens with zero attached hydrogens (tertiary/aromatic N) is 2. The Kier molecular flexibility index (Phi) is 7.92. The highest BCUT2D eigenvalue weighted by atomic mass is 32.2. The van der Waals surface area contributed by atoms with Crippen molar-refractivity contribution in [3.8, 4) is 5.75 Å². The lowest BCUT2D eigenvalue weighted by atomic mass is 9.92. The van der Waals surface area contributed by atoms with Gasteiger partial charge in [-0.05, 0) is 35.1 Å². The first-order valence-corrected chi connectivity index (χ1v) is 12.0. The predicted molar refractivity (Wildman–Crippen MR) is 130 cm³/mol. The third-order valence-corrected chi connectivity index (χ3v) is 6.66. The molecule has 0 unspecified atom stereocenters. The van der Waals surface area contributed by atoms with E-state index in [0.717, 1.165) is 32.6 Å². The number of rotatable bonds is 9. The second-order valence-electron chi connectivity index (χ2n) is 7.69. The summed E-state index contributed by atoms with van der Waals surface area (Å²) in [6.45, 7) is 8.56. The fourth-order valence-electron chi connectivity index (χ4n) is 3.14. The van der Waals surface area contributed by atoms with Crippen molar-refractivity contribution in [1.29, 1.82) is 0 Å². The van der Waals surface area contributed by atoms with Gasteiger partial charge in [-0.15, -0.1) is 10.2 Å². The monoisotopic (exact) mass is 456 g/mol. The summed E-state index contributed by atoms with van der Waals surface area (Å²) in [7, 11) is 1.63. The van der Waals surface area contributed by atoms with Crippen molar-refractivity contribution in [2.45, 2.75) is 43.9 Å². The molecule has 3 aromatic rings. The maximum absolute atomic E-state index is 12.7. The lowest BCUT2D eigenvalue weighted by Gasteiger charge is -2.20. The van der Waals surface area contributed by atoms with E-state index in [-0.39, 0.29) is 11.7 Å². The van der Waals surface area contributed by atoms with Crippen LogP contribution in [0.15, 0.2) is 46.8 Å². The van der Waals surface area contributed by atoms with E-state index >= 15 is 0 Å². The normalized spacial score (nSPS) is 11.1. The van der Waals surface area contributed by atoms with Crippen molar-refractivity contribution in [3.05, 3.63) is 53.6 Å². The van der Waals surface area contributed by atoms with Gasteiger partial charge in [0.15, 0.2) is 4.34 Å². The first kappa shape index (κ1) is 23.1. The van der Waals surface area contributed by atoms with Gasteiger partial charge in [0.2, 0.25) is 11.0 Å². The summed E-state index contributed by atoms with van der Waals surface area (Å²) >= 11 is 2.80. The van der Waals surface area contributed by atoms with Crippen LogP contribution < -0.4 is 15.4 Å². The van der Waals surface area contributed by atoms with Gasteiger partial charge in [-0.25, -0.2) is 0 Å². The minimum atomic E-state index is -0.0440. The van der Waals surface area contributed by atoms with Gasteiger partial charge in [-0.2, -0.15) is 0 Å². The van der Waals surface area contributed by atoms with Crippen LogP contribution in [0.4, 0.5) is 16.5 Å². The summed E-state index contributed by atoms with van der Waals surface area (Å²) in [5.74, 6) is 1.66. The molecule has 8 heteroatoms. The highest BCUT2D eigenvalue weighted by Gasteiger charge is 2.16.